The van der Waals surface area contributed by atoms with Crippen LogP contribution in [-0.4, -0.2) is 23.4 Å². The normalized spacial score (nSPS) is 12.9. The lowest BCUT2D eigenvalue weighted by Crippen LogP contribution is -1.96. The van der Waals surface area contributed by atoms with Gasteiger partial charge in [0.2, 0.25) is 0 Å². The van der Waals surface area contributed by atoms with Gasteiger partial charge in [-0.15, -0.1) is 0 Å². The van der Waals surface area contributed by atoms with E-state index in [1.165, 1.54) is 0 Å². The van der Waals surface area contributed by atoms with Crippen LogP contribution in [0.15, 0.2) is 23.7 Å². The summed E-state index contributed by atoms with van der Waals surface area (Å²) in [5.41, 5.74) is 0. The lowest BCUT2D eigenvalue weighted by molar-refractivity contribution is 0.249. The molecule has 0 aliphatic carbocycles. The summed E-state index contributed by atoms with van der Waals surface area (Å²) in [4.78, 5) is 0. The summed E-state index contributed by atoms with van der Waals surface area (Å²) < 4.78 is 5.80. The van der Waals surface area contributed by atoms with Gasteiger partial charge in [-0.05, 0) is 51.7 Å². The first-order chi connectivity index (χ1) is 8.28. The van der Waals surface area contributed by atoms with Crippen LogP contribution in [0.25, 0.3) is 0 Å². The third-order valence-corrected chi connectivity index (χ3v) is 2.57. The molecule has 0 radical (unpaired) electrons. The molecule has 0 aromatic carbocycles. The summed E-state index contributed by atoms with van der Waals surface area (Å²) in [6.07, 6.45) is 9.23. The molecule has 0 spiro atoms. The summed E-state index contributed by atoms with van der Waals surface area (Å²) in [5, 5.41) is 17.5. The molecule has 0 atom stereocenters. The van der Waals surface area contributed by atoms with Crippen molar-refractivity contribution in [2.24, 2.45) is 0 Å². The molecule has 0 saturated carbocycles. The maximum Gasteiger partial charge on any atom is 0.0993 e. The molecule has 0 fully saturated rings. The average molecular weight is 242 g/mol. The van der Waals surface area contributed by atoms with Gasteiger partial charge in [-0.3, -0.25) is 0 Å². The first kappa shape index (κ1) is 16.2. The van der Waals surface area contributed by atoms with Gasteiger partial charge in [-0.25, -0.2) is 0 Å². The Morgan fingerprint density at radius 1 is 0.824 bits per heavy atom. The molecular formula is C14H26O3. The van der Waals surface area contributed by atoms with E-state index in [4.69, 9.17) is 14.9 Å². The van der Waals surface area contributed by atoms with Crippen molar-refractivity contribution in [3.05, 3.63) is 23.7 Å². The first-order valence-corrected chi connectivity index (χ1v) is 6.48. The standard InChI is InChI=1S/C14H26O3/c1-3-13(9-5-7-11-15)17-14(4-2)10-6-8-12-16/h3-4,15-16H,5-12H2,1-2H3. The quantitative estimate of drug-likeness (QED) is 0.457. The molecule has 0 aromatic heterocycles. The molecule has 2 N–H and O–H groups in total. The second-order valence-corrected chi connectivity index (χ2v) is 3.97. The third kappa shape index (κ3) is 8.95. The minimum absolute atomic E-state index is 0.240. The van der Waals surface area contributed by atoms with Gasteiger partial charge in [0.05, 0.1) is 11.5 Å². The summed E-state index contributed by atoms with van der Waals surface area (Å²) >= 11 is 0. The topological polar surface area (TPSA) is 49.7 Å². The van der Waals surface area contributed by atoms with Crippen LogP contribution in [-0.2, 0) is 4.74 Å². The Hall–Kier alpha value is -0.800. The van der Waals surface area contributed by atoms with E-state index >= 15 is 0 Å². The van der Waals surface area contributed by atoms with Crippen molar-refractivity contribution >= 4 is 0 Å². The van der Waals surface area contributed by atoms with Crippen molar-refractivity contribution in [3.63, 3.8) is 0 Å². The van der Waals surface area contributed by atoms with Crippen LogP contribution in [0, 0.1) is 0 Å². The van der Waals surface area contributed by atoms with E-state index in [9.17, 15) is 0 Å². The van der Waals surface area contributed by atoms with Crippen LogP contribution in [0.2, 0.25) is 0 Å². The number of hydrogen-bond donors (Lipinski definition) is 2. The number of ether oxygens (including phenoxy) is 1. The maximum atomic E-state index is 8.73. The fourth-order valence-electron chi connectivity index (χ4n) is 1.50. The maximum absolute atomic E-state index is 8.73. The van der Waals surface area contributed by atoms with Crippen molar-refractivity contribution in [1.82, 2.24) is 0 Å². The van der Waals surface area contributed by atoms with Crippen molar-refractivity contribution in [2.75, 3.05) is 13.2 Å². The highest BCUT2D eigenvalue weighted by Crippen LogP contribution is 2.17. The van der Waals surface area contributed by atoms with Crippen LogP contribution in [0.4, 0.5) is 0 Å². The summed E-state index contributed by atoms with van der Waals surface area (Å²) in [7, 11) is 0. The van der Waals surface area contributed by atoms with Crippen LogP contribution in [0.5, 0.6) is 0 Å². The molecular weight excluding hydrogens is 216 g/mol. The van der Waals surface area contributed by atoms with E-state index in [1.807, 2.05) is 26.0 Å². The van der Waals surface area contributed by atoms with Crippen molar-refractivity contribution in [1.29, 1.82) is 0 Å². The molecule has 17 heavy (non-hydrogen) atoms. The molecule has 0 rings (SSSR count). The predicted octanol–water partition coefficient (Wildman–Crippen LogP) is 3.14. The van der Waals surface area contributed by atoms with Gasteiger partial charge in [0, 0.05) is 26.1 Å². The van der Waals surface area contributed by atoms with Gasteiger partial charge in [0.25, 0.3) is 0 Å². The van der Waals surface area contributed by atoms with Gasteiger partial charge >= 0.3 is 0 Å². The molecule has 0 aliphatic rings. The van der Waals surface area contributed by atoms with E-state index in [1.54, 1.807) is 0 Å². The number of hydrogen-bond acceptors (Lipinski definition) is 3. The molecule has 3 nitrogen and oxygen atoms in total. The number of rotatable bonds is 10. The minimum Gasteiger partial charge on any atom is -0.467 e. The van der Waals surface area contributed by atoms with Crippen LogP contribution in [0.3, 0.4) is 0 Å². The average Bonchev–Trinajstić information content (AvgIpc) is 2.36. The van der Waals surface area contributed by atoms with Crippen LogP contribution in [0.1, 0.15) is 52.4 Å². The van der Waals surface area contributed by atoms with E-state index < -0.39 is 0 Å². The first-order valence-electron chi connectivity index (χ1n) is 6.48. The van der Waals surface area contributed by atoms with Gasteiger partial charge in [0.1, 0.15) is 0 Å². The molecule has 0 heterocycles. The van der Waals surface area contributed by atoms with Crippen LogP contribution >= 0.6 is 0 Å². The largest absolute Gasteiger partial charge is 0.467 e. The monoisotopic (exact) mass is 242 g/mol. The molecule has 100 valence electrons. The van der Waals surface area contributed by atoms with Gasteiger partial charge in [-0.2, -0.15) is 0 Å². The van der Waals surface area contributed by atoms with E-state index in [0.717, 1.165) is 50.0 Å². The summed E-state index contributed by atoms with van der Waals surface area (Å²) in [5.74, 6) is 1.94. The Morgan fingerprint density at radius 2 is 1.24 bits per heavy atom. The molecule has 0 saturated heterocycles. The Morgan fingerprint density at radius 3 is 1.53 bits per heavy atom. The number of allylic oxidation sites excluding steroid dienone is 4. The smallest absolute Gasteiger partial charge is 0.0993 e. The zero-order valence-electron chi connectivity index (χ0n) is 11.1. The molecule has 0 aromatic rings. The van der Waals surface area contributed by atoms with Gasteiger partial charge in [0.15, 0.2) is 0 Å². The molecule has 0 amide bonds. The number of unbranched alkanes of at least 4 members (excludes halogenated alkanes) is 2. The van der Waals surface area contributed by atoms with Gasteiger partial charge in [-0.1, -0.05) is 0 Å². The highest BCUT2D eigenvalue weighted by molar-refractivity contribution is 5.00. The number of aliphatic hydroxyl groups is 2. The Bertz CT molecular complexity index is 208. The lowest BCUT2D eigenvalue weighted by Gasteiger charge is -2.12. The zero-order chi connectivity index (χ0) is 12.9. The Kier molecular flexibility index (Phi) is 11.1. The highest BCUT2D eigenvalue weighted by atomic mass is 16.5. The highest BCUT2D eigenvalue weighted by Gasteiger charge is 2.02. The van der Waals surface area contributed by atoms with Crippen LogP contribution < -0.4 is 0 Å². The van der Waals surface area contributed by atoms with Crippen molar-refractivity contribution in [2.45, 2.75) is 52.4 Å². The molecule has 0 unspecified atom stereocenters. The Labute approximate surface area is 105 Å². The second-order valence-electron chi connectivity index (χ2n) is 3.97. The lowest BCUT2D eigenvalue weighted by atomic mass is 10.2. The minimum atomic E-state index is 0.240. The predicted molar refractivity (Wildman–Crippen MR) is 70.5 cm³/mol. The summed E-state index contributed by atoms with van der Waals surface area (Å²) in [6.45, 7) is 4.42. The fraction of sp³-hybridized carbons (Fsp3) is 0.714. The molecule has 0 aliphatic heterocycles. The van der Waals surface area contributed by atoms with Gasteiger partial charge < -0.3 is 14.9 Å². The van der Waals surface area contributed by atoms with E-state index in [0.29, 0.717) is 0 Å². The van der Waals surface area contributed by atoms with E-state index in [2.05, 4.69) is 0 Å². The van der Waals surface area contributed by atoms with Crippen molar-refractivity contribution in [3.8, 4) is 0 Å². The third-order valence-electron chi connectivity index (χ3n) is 2.57. The molecule has 0 bridgehead atoms. The SMILES string of the molecule is CC=C(CCCCO)OC(=CC)CCCCO. The second kappa shape index (κ2) is 11.7. The molecule has 3 heteroatoms. The zero-order valence-corrected chi connectivity index (χ0v) is 11.1. The van der Waals surface area contributed by atoms with E-state index in [-0.39, 0.29) is 13.2 Å². The fourth-order valence-corrected chi connectivity index (χ4v) is 1.50. The number of aliphatic hydroxyl groups excluding tert-OH is 2. The Balaban J connectivity index is 3.97. The summed E-state index contributed by atoms with van der Waals surface area (Å²) in [6, 6.07) is 0. The van der Waals surface area contributed by atoms with Crippen molar-refractivity contribution < 1.29 is 14.9 Å².